The molecule has 0 radical (unpaired) electrons. The van der Waals surface area contributed by atoms with E-state index in [2.05, 4.69) is 0 Å². The molecule has 3 unspecified atom stereocenters. The maximum absolute atomic E-state index is 13.2. The lowest BCUT2D eigenvalue weighted by molar-refractivity contribution is -0.157. The van der Waals surface area contributed by atoms with Crippen molar-refractivity contribution in [3.63, 3.8) is 0 Å². The van der Waals surface area contributed by atoms with Gasteiger partial charge in [-0.1, -0.05) is 13.8 Å². The monoisotopic (exact) mass is 417 g/mol. The second-order valence-electron chi connectivity index (χ2n) is 7.41. The molecule has 162 valence electrons. The Bertz CT molecular complexity index is 587. The van der Waals surface area contributed by atoms with Crippen molar-refractivity contribution in [1.29, 1.82) is 0 Å². The van der Waals surface area contributed by atoms with Crippen LogP contribution < -0.4 is 0 Å². The van der Waals surface area contributed by atoms with Gasteiger partial charge >= 0.3 is 18.2 Å². The number of ether oxygens (including phenoxy) is 1. The molecule has 1 rings (SSSR count). The van der Waals surface area contributed by atoms with Gasteiger partial charge in [-0.15, -0.1) is 0 Å². The van der Waals surface area contributed by atoms with Crippen LogP contribution in [-0.4, -0.2) is 52.7 Å². The smallest absolute Gasteiger partial charge is 0.416 e. The van der Waals surface area contributed by atoms with Crippen molar-refractivity contribution < 1.29 is 46.2 Å². The lowest BCUT2D eigenvalue weighted by Gasteiger charge is -2.30. The van der Waals surface area contributed by atoms with Crippen molar-refractivity contribution in [2.24, 2.45) is 17.8 Å². The predicted molar refractivity (Wildman–Crippen MR) is 86.6 cm³/mol. The van der Waals surface area contributed by atoms with E-state index in [9.17, 15) is 41.4 Å². The molecule has 0 bridgehead atoms. The zero-order valence-corrected chi connectivity index (χ0v) is 15.8. The maximum Gasteiger partial charge on any atom is 0.416 e. The highest BCUT2D eigenvalue weighted by Crippen LogP contribution is 2.34. The highest BCUT2D eigenvalue weighted by molar-refractivity contribution is 5.96. The number of amides is 2. The first kappa shape index (κ1) is 24.1. The second kappa shape index (κ2) is 9.04. The molecule has 1 fully saturated rings. The molecule has 28 heavy (non-hydrogen) atoms. The summed E-state index contributed by atoms with van der Waals surface area (Å²) in [6.45, 7) is 3.69. The number of carbonyl (C=O) groups excluding carboxylic acids is 2. The largest absolute Gasteiger partial charge is 0.481 e. The van der Waals surface area contributed by atoms with Gasteiger partial charge in [0.2, 0.25) is 11.8 Å². The Morgan fingerprint density at radius 3 is 2.11 bits per heavy atom. The molecule has 1 heterocycles. The third-order valence-corrected chi connectivity index (χ3v) is 4.67. The van der Waals surface area contributed by atoms with Crippen molar-refractivity contribution in [2.45, 2.75) is 64.6 Å². The fourth-order valence-corrected chi connectivity index (χ4v) is 3.08. The van der Waals surface area contributed by atoms with Crippen LogP contribution in [0.15, 0.2) is 0 Å². The molecule has 2 amide bonds. The number of hydrogen-bond acceptors (Lipinski definition) is 4. The third-order valence-electron chi connectivity index (χ3n) is 4.67. The summed E-state index contributed by atoms with van der Waals surface area (Å²) in [5.74, 6) is -9.92. The first-order valence-corrected chi connectivity index (χ1v) is 8.81. The van der Waals surface area contributed by atoms with E-state index in [0.29, 0.717) is 11.8 Å². The third kappa shape index (κ3) is 6.90. The highest BCUT2D eigenvalue weighted by atomic mass is 19.4. The predicted octanol–water partition coefficient (Wildman–Crippen LogP) is 4.08. The van der Waals surface area contributed by atoms with E-state index in [4.69, 9.17) is 4.74 Å². The van der Waals surface area contributed by atoms with E-state index in [0.717, 1.165) is 0 Å². The number of carbonyl (C=O) groups is 3. The SMILES string of the molecule is CC(C)C1COC(=O)N1C(=O)C(CCC(F)(F)F)C(CCC(C)(F)F)C(=O)O. The minimum Gasteiger partial charge on any atom is -0.481 e. The molecule has 1 aliphatic heterocycles. The van der Waals surface area contributed by atoms with Gasteiger partial charge in [-0.3, -0.25) is 9.59 Å². The molecule has 11 heteroatoms. The molecule has 3 atom stereocenters. The Morgan fingerprint density at radius 2 is 1.68 bits per heavy atom. The minimum atomic E-state index is -4.68. The van der Waals surface area contributed by atoms with Crippen LogP contribution in [0.2, 0.25) is 0 Å². The fraction of sp³-hybridized carbons (Fsp3) is 0.824. The van der Waals surface area contributed by atoms with Gasteiger partial charge in [0, 0.05) is 12.8 Å². The zero-order valence-electron chi connectivity index (χ0n) is 15.8. The zero-order chi connectivity index (χ0) is 21.9. The van der Waals surface area contributed by atoms with E-state index >= 15 is 0 Å². The molecule has 6 nitrogen and oxygen atoms in total. The summed E-state index contributed by atoms with van der Waals surface area (Å²) < 4.78 is 69.2. The van der Waals surface area contributed by atoms with E-state index in [1.807, 2.05) is 0 Å². The van der Waals surface area contributed by atoms with Crippen LogP contribution in [0.1, 0.15) is 46.5 Å². The number of hydrogen-bond donors (Lipinski definition) is 1. The maximum atomic E-state index is 13.2. The molecule has 0 aliphatic carbocycles. The summed E-state index contributed by atoms with van der Waals surface area (Å²) in [7, 11) is 0. The Kier molecular flexibility index (Phi) is 7.78. The summed E-state index contributed by atoms with van der Waals surface area (Å²) in [6.07, 6.45) is -9.79. The standard InChI is InChI=1S/C17H24F5NO5/c1-9(2)12-8-28-15(27)23(12)13(24)10(5-7-17(20,21)22)11(14(25)26)4-6-16(3,18)19/h9-12H,4-8H2,1-3H3,(H,25,26). The normalized spacial score (nSPS) is 20.2. The Labute approximate surface area is 159 Å². The molecule has 1 saturated heterocycles. The number of halogens is 5. The molecular weight excluding hydrogens is 393 g/mol. The fourth-order valence-electron chi connectivity index (χ4n) is 3.08. The van der Waals surface area contributed by atoms with Gasteiger partial charge in [0.25, 0.3) is 0 Å². The van der Waals surface area contributed by atoms with E-state index < -0.39 is 73.6 Å². The van der Waals surface area contributed by atoms with Gasteiger partial charge in [0.1, 0.15) is 6.61 Å². The average molecular weight is 417 g/mol. The lowest BCUT2D eigenvalue weighted by atomic mass is 9.82. The van der Waals surface area contributed by atoms with Crippen molar-refractivity contribution in [2.75, 3.05) is 6.61 Å². The molecule has 0 saturated carbocycles. The molecule has 0 aromatic rings. The van der Waals surface area contributed by atoms with E-state index in [-0.39, 0.29) is 12.5 Å². The van der Waals surface area contributed by atoms with Crippen LogP contribution in [0.25, 0.3) is 0 Å². The van der Waals surface area contributed by atoms with Gasteiger partial charge in [0.05, 0.1) is 17.9 Å². The van der Waals surface area contributed by atoms with E-state index in [1.54, 1.807) is 13.8 Å². The number of aliphatic carboxylic acids is 1. The topological polar surface area (TPSA) is 83.9 Å². The van der Waals surface area contributed by atoms with Gasteiger partial charge in [0.15, 0.2) is 0 Å². The van der Waals surface area contributed by atoms with E-state index in [1.165, 1.54) is 0 Å². The van der Waals surface area contributed by atoms with Gasteiger partial charge < -0.3 is 9.84 Å². The average Bonchev–Trinajstić information content (AvgIpc) is 2.89. The van der Waals surface area contributed by atoms with Crippen molar-refractivity contribution in [1.82, 2.24) is 4.90 Å². The number of imide groups is 1. The number of nitrogens with zero attached hydrogens (tertiary/aromatic N) is 1. The highest BCUT2D eigenvalue weighted by Gasteiger charge is 2.46. The molecule has 0 aromatic carbocycles. The van der Waals surface area contributed by atoms with Crippen LogP contribution >= 0.6 is 0 Å². The Hall–Kier alpha value is -1.94. The number of cyclic esters (lactones) is 1. The summed E-state index contributed by atoms with van der Waals surface area (Å²) in [5.41, 5.74) is 0. The summed E-state index contributed by atoms with van der Waals surface area (Å²) in [4.78, 5) is 37.0. The lowest BCUT2D eigenvalue weighted by Crippen LogP contribution is -2.47. The van der Waals surface area contributed by atoms with Crippen molar-refractivity contribution in [3.8, 4) is 0 Å². The summed E-state index contributed by atoms with van der Waals surface area (Å²) >= 11 is 0. The van der Waals surface area contributed by atoms with Gasteiger partial charge in [-0.2, -0.15) is 13.2 Å². The second-order valence-corrected chi connectivity index (χ2v) is 7.41. The number of carboxylic acid groups (broad SMARTS) is 1. The van der Waals surface area contributed by atoms with Crippen LogP contribution in [-0.2, 0) is 14.3 Å². The first-order chi connectivity index (χ1) is 12.6. The van der Waals surface area contributed by atoms with Crippen LogP contribution in [0.3, 0.4) is 0 Å². The molecular formula is C17H24F5NO5. The quantitative estimate of drug-likeness (QED) is 0.572. The molecule has 0 spiro atoms. The van der Waals surface area contributed by atoms with Crippen LogP contribution in [0, 0.1) is 17.8 Å². The number of carboxylic acids is 1. The summed E-state index contributed by atoms with van der Waals surface area (Å²) in [5, 5.41) is 9.39. The molecule has 1 N–H and O–H groups in total. The Balaban J connectivity index is 3.19. The van der Waals surface area contributed by atoms with Crippen LogP contribution in [0.5, 0.6) is 0 Å². The van der Waals surface area contributed by atoms with Crippen molar-refractivity contribution >= 4 is 18.0 Å². The summed E-state index contributed by atoms with van der Waals surface area (Å²) in [6, 6.07) is -0.768. The number of alkyl halides is 5. The van der Waals surface area contributed by atoms with Gasteiger partial charge in [-0.05, 0) is 25.7 Å². The first-order valence-electron chi connectivity index (χ1n) is 8.81. The van der Waals surface area contributed by atoms with Crippen molar-refractivity contribution in [3.05, 3.63) is 0 Å². The minimum absolute atomic E-state index is 0.168. The Morgan fingerprint density at radius 1 is 1.14 bits per heavy atom. The van der Waals surface area contributed by atoms with Gasteiger partial charge in [-0.25, -0.2) is 18.5 Å². The number of rotatable bonds is 9. The van der Waals surface area contributed by atoms with Crippen LogP contribution in [0.4, 0.5) is 26.7 Å². The molecule has 1 aliphatic rings. The molecule has 0 aromatic heterocycles.